The van der Waals surface area contributed by atoms with Crippen molar-refractivity contribution in [2.24, 2.45) is 0 Å². The van der Waals surface area contributed by atoms with Crippen LogP contribution in [0.4, 0.5) is 0 Å². The van der Waals surface area contributed by atoms with Crippen molar-refractivity contribution in [3.8, 4) is 18.1 Å². The largest absolute Gasteiger partial charge is 0.481 e. The van der Waals surface area contributed by atoms with Gasteiger partial charge in [-0.1, -0.05) is 5.92 Å². The number of hydrogen-bond donors (Lipinski definition) is 0. The maximum Gasteiger partial charge on any atom is 0.254 e. The zero-order chi connectivity index (χ0) is 12.8. The molecule has 0 spiro atoms. The van der Waals surface area contributed by atoms with Crippen molar-refractivity contribution in [1.29, 1.82) is 0 Å². The van der Waals surface area contributed by atoms with Crippen LogP contribution >= 0.6 is 0 Å². The van der Waals surface area contributed by atoms with E-state index in [4.69, 9.17) is 15.9 Å². The predicted molar refractivity (Wildman–Crippen MR) is 67.5 cm³/mol. The molecule has 1 aliphatic heterocycles. The zero-order valence-electron chi connectivity index (χ0n) is 10.1. The summed E-state index contributed by atoms with van der Waals surface area (Å²) in [5, 5.41) is 0. The van der Waals surface area contributed by atoms with E-state index in [1.165, 1.54) is 0 Å². The molecule has 0 bridgehead atoms. The fourth-order valence-electron chi connectivity index (χ4n) is 1.77. The average molecular weight is 245 g/mol. The summed E-state index contributed by atoms with van der Waals surface area (Å²) in [4.78, 5) is 13.9. The van der Waals surface area contributed by atoms with E-state index in [0.717, 1.165) is 0 Å². The van der Waals surface area contributed by atoms with E-state index in [9.17, 15) is 4.79 Å². The summed E-state index contributed by atoms with van der Waals surface area (Å²) in [5.74, 6) is 3.10. The van der Waals surface area contributed by atoms with Gasteiger partial charge in [0.2, 0.25) is 0 Å². The summed E-state index contributed by atoms with van der Waals surface area (Å²) in [6, 6.07) is 7.02. The molecule has 18 heavy (non-hydrogen) atoms. The van der Waals surface area contributed by atoms with Gasteiger partial charge in [-0.3, -0.25) is 4.79 Å². The first-order valence-corrected chi connectivity index (χ1v) is 5.84. The minimum atomic E-state index is 0.0294. The number of rotatable bonds is 3. The number of terminal acetylenes is 1. The molecule has 4 nitrogen and oxygen atoms in total. The van der Waals surface area contributed by atoms with E-state index in [1.807, 2.05) is 0 Å². The van der Waals surface area contributed by atoms with Crippen LogP contribution in [-0.2, 0) is 4.74 Å². The first kappa shape index (κ1) is 12.5. The minimum absolute atomic E-state index is 0.0294. The van der Waals surface area contributed by atoms with E-state index in [0.29, 0.717) is 37.6 Å². The van der Waals surface area contributed by atoms with Gasteiger partial charge < -0.3 is 14.4 Å². The molecule has 2 rings (SSSR count). The summed E-state index contributed by atoms with van der Waals surface area (Å²) < 4.78 is 10.5. The third kappa shape index (κ3) is 3.02. The third-order valence-electron chi connectivity index (χ3n) is 2.72. The minimum Gasteiger partial charge on any atom is -0.481 e. The highest BCUT2D eigenvalue weighted by atomic mass is 16.5. The lowest BCUT2D eigenvalue weighted by Crippen LogP contribution is -2.40. The Hall–Kier alpha value is -1.99. The highest BCUT2D eigenvalue weighted by Crippen LogP contribution is 2.14. The highest BCUT2D eigenvalue weighted by Gasteiger charge is 2.18. The van der Waals surface area contributed by atoms with Crippen LogP contribution in [0.5, 0.6) is 5.75 Å². The van der Waals surface area contributed by atoms with E-state index in [1.54, 1.807) is 29.2 Å². The molecule has 0 radical (unpaired) electrons. The molecule has 1 aromatic carbocycles. The number of morpholine rings is 1. The molecule has 1 aliphatic rings. The van der Waals surface area contributed by atoms with Crippen molar-refractivity contribution in [2.45, 2.75) is 0 Å². The van der Waals surface area contributed by atoms with Crippen LogP contribution in [0.15, 0.2) is 24.3 Å². The van der Waals surface area contributed by atoms with Gasteiger partial charge in [0.05, 0.1) is 13.2 Å². The number of carbonyl (C=O) groups excluding carboxylic acids is 1. The molecule has 94 valence electrons. The molecule has 1 aromatic rings. The van der Waals surface area contributed by atoms with E-state index in [2.05, 4.69) is 5.92 Å². The maximum absolute atomic E-state index is 12.1. The van der Waals surface area contributed by atoms with Crippen molar-refractivity contribution in [3.63, 3.8) is 0 Å². The Kier molecular flexibility index (Phi) is 4.21. The van der Waals surface area contributed by atoms with Crippen molar-refractivity contribution in [3.05, 3.63) is 29.8 Å². The van der Waals surface area contributed by atoms with Crippen LogP contribution < -0.4 is 4.74 Å². The van der Waals surface area contributed by atoms with Gasteiger partial charge in [-0.25, -0.2) is 0 Å². The van der Waals surface area contributed by atoms with Crippen molar-refractivity contribution >= 4 is 5.91 Å². The van der Waals surface area contributed by atoms with Crippen LogP contribution in [0, 0.1) is 12.3 Å². The number of benzene rings is 1. The Labute approximate surface area is 106 Å². The second-order valence-electron chi connectivity index (χ2n) is 3.92. The fraction of sp³-hybridized carbons (Fsp3) is 0.357. The summed E-state index contributed by atoms with van der Waals surface area (Å²) >= 11 is 0. The smallest absolute Gasteiger partial charge is 0.254 e. The Morgan fingerprint density at radius 1 is 1.33 bits per heavy atom. The van der Waals surface area contributed by atoms with Gasteiger partial charge in [0, 0.05) is 18.7 Å². The second-order valence-corrected chi connectivity index (χ2v) is 3.92. The predicted octanol–water partition coefficient (Wildman–Crippen LogP) is 1.17. The normalized spacial score (nSPS) is 14.9. The molecule has 1 amide bonds. The molecule has 0 saturated carbocycles. The summed E-state index contributed by atoms with van der Waals surface area (Å²) in [6.07, 6.45) is 5.10. The van der Waals surface area contributed by atoms with Crippen molar-refractivity contribution in [1.82, 2.24) is 4.90 Å². The molecule has 0 aliphatic carbocycles. The topological polar surface area (TPSA) is 38.8 Å². The fourth-order valence-corrected chi connectivity index (χ4v) is 1.77. The monoisotopic (exact) mass is 245 g/mol. The molecule has 0 unspecified atom stereocenters. The number of amides is 1. The van der Waals surface area contributed by atoms with Crippen molar-refractivity contribution < 1.29 is 14.3 Å². The molecule has 1 saturated heterocycles. The number of ether oxygens (including phenoxy) is 2. The Balaban J connectivity index is 2.00. The van der Waals surface area contributed by atoms with Gasteiger partial charge in [0.15, 0.2) is 0 Å². The lowest BCUT2D eigenvalue weighted by Gasteiger charge is -2.26. The lowest BCUT2D eigenvalue weighted by molar-refractivity contribution is 0.0303. The van der Waals surface area contributed by atoms with Crippen LogP contribution in [0.2, 0.25) is 0 Å². The summed E-state index contributed by atoms with van der Waals surface area (Å²) in [5.41, 5.74) is 0.657. The Morgan fingerprint density at radius 2 is 2.00 bits per heavy atom. The first-order valence-electron chi connectivity index (χ1n) is 5.84. The molecule has 4 heteroatoms. The van der Waals surface area contributed by atoms with E-state index < -0.39 is 0 Å². The van der Waals surface area contributed by atoms with Crippen LogP contribution in [0.1, 0.15) is 10.4 Å². The van der Waals surface area contributed by atoms with E-state index in [-0.39, 0.29) is 12.5 Å². The van der Waals surface area contributed by atoms with Gasteiger partial charge >= 0.3 is 0 Å². The molecular formula is C14H15NO3. The summed E-state index contributed by atoms with van der Waals surface area (Å²) in [7, 11) is 0. The third-order valence-corrected chi connectivity index (χ3v) is 2.72. The number of nitrogens with zero attached hydrogens (tertiary/aromatic N) is 1. The lowest BCUT2D eigenvalue weighted by atomic mass is 10.2. The standard InChI is InChI=1S/C14H15NO3/c1-2-9-18-13-5-3-12(4-6-13)14(16)15-7-10-17-11-8-15/h1,3-6H,7-11H2. The Morgan fingerprint density at radius 3 is 2.61 bits per heavy atom. The average Bonchev–Trinajstić information content (AvgIpc) is 2.46. The molecule has 0 N–H and O–H groups in total. The van der Waals surface area contributed by atoms with Gasteiger partial charge in [-0.2, -0.15) is 0 Å². The van der Waals surface area contributed by atoms with Crippen LogP contribution in [0.25, 0.3) is 0 Å². The van der Waals surface area contributed by atoms with Crippen LogP contribution in [-0.4, -0.2) is 43.7 Å². The van der Waals surface area contributed by atoms with Gasteiger partial charge in [0.1, 0.15) is 12.4 Å². The SMILES string of the molecule is C#CCOc1ccc(C(=O)N2CCOCC2)cc1. The molecular weight excluding hydrogens is 230 g/mol. The Bertz CT molecular complexity index is 441. The quantitative estimate of drug-likeness (QED) is 0.750. The maximum atomic E-state index is 12.1. The number of hydrogen-bond acceptors (Lipinski definition) is 3. The zero-order valence-corrected chi connectivity index (χ0v) is 10.1. The van der Waals surface area contributed by atoms with Crippen LogP contribution in [0.3, 0.4) is 0 Å². The molecule has 0 atom stereocenters. The van der Waals surface area contributed by atoms with Gasteiger partial charge in [0.25, 0.3) is 5.91 Å². The molecule has 1 fully saturated rings. The highest BCUT2D eigenvalue weighted by molar-refractivity contribution is 5.94. The summed E-state index contributed by atoms with van der Waals surface area (Å²) in [6.45, 7) is 2.74. The van der Waals surface area contributed by atoms with Gasteiger partial charge in [-0.05, 0) is 24.3 Å². The second kappa shape index (κ2) is 6.08. The van der Waals surface area contributed by atoms with Crippen molar-refractivity contribution in [2.75, 3.05) is 32.9 Å². The van der Waals surface area contributed by atoms with Gasteiger partial charge in [-0.15, -0.1) is 6.42 Å². The number of carbonyl (C=O) groups is 1. The first-order chi connectivity index (χ1) is 8.81. The van der Waals surface area contributed by atoms with E-state index >= 15 is 0 Å². The molecule has 1 heterocycles. The molecule has 0 aromatic heterocycles.